The second-order valence-electron chi connectivity index (χ2n) is 6.26. The van der Waals surface area contributed by atoms with Crippen LogP contribution in [0.5, 0.6) is 5.75 Å². The predicted molar refractivity (Wildman–Crippen MR) is 87.9 cm³/mol. The third-order valence-electron chi connectivity index (χ3n) is 5.00. The van der Waals surface area contributed by atoms with Gasteiger partial charge in [0.05, 0.1) is 7.11 Å². The van der Waals surface area contributed by atoms with Crippen molar-refractivity contribution >= 4 is 16.6 Å². The molecule has 0 bridgehead atoms. The Balaban J connectivity index is 1.92. The van der Waals surface area contributed by atoms with E-state index in [1.165, 1.54) is 24.6 Å². The van der Waals surface area contributed by atoms with Crippen LogP contribution in [-0.4, -0.2) is 18.1 Å². The average molecular weight is 284 g/mol. The van der Waals surface area contributed by atoms with E-state index in [0.717, 1.165) is 22.9 Å². The van der Waals surface area contributed by atoms with Crippen molar-refractivity contribution in [2.75, 3.05) is 12.4 Å². The van der Waals surface area contributed by atoms with E-state index in [1.807, 2.05) is 18.3 Å². The molecule has 0 amide bonds. The molecule has 3 heteroatoms. The summed E-state index contributed by atoms with van der Waals surface area (Å²) in [5.74, 6) is 3.32. The fourth-order valence-corrected chi connectivity index (χ4v) is 3.35. The van der Waals surface area contributed by atoms with Crippen LogP contribution in [0.2, 0.25) is 0 Å². The summed E-state index contributed by atoms with van der Waals surface area (Å²) >= 11 is 0. The average Bonchev–Trinajstić information content (AvgIpc) is 2.51. The van der Waals surface area contributed by atoms with Crippen molar-refractivity contribution in [2.45, 2.75) is 39.2 Å². The summed E-state index contributed by atoms with van der Waals surface area (Å²) in [5, 5.41) is 6.03. The minimum atomic E-state index is 0.512. The van der Waals surface area contributed by atoms with Crippen LogP contribution in [0.4, 0.5) is 5.82 Å². The molecule has 21 heavy (non-hydrogen) atoms. The Kier molecular flexibility index (Phi) is 4.00. The highest BCUT2D eigenvalue weighted by molar-refractivity contribution is 5.92. The number of benzene rings is 1. The zero-order valence-corrected chi connectivity index (χ0v) is 13.1. The molecule has 1 N–H and O–H groups in total. The van der Waals surface area contributed by atoms with Gasteiger partial charge in [-0.25, -0.2) is 4.98 Å². The van der Waals surface area contributed by atoms with Crippen molar-refractivity contribution < 1.29 is 4.74 Å². The Bertz CT molecular complexity index is 626. The summed E-state index contributed by atoms with van der Waals surface area (Å²) in [6, 6.07) is 8.72. The summed E-state index contributed by atoms with van der Waals surface area (Å²) in [4.78, 5) is 4.57. The molecular weight excluding hydrogens is 260 g/mol. The Morgan fingerprint density at radius 1 is 1.19 bits per heavy atom. The standard InChI is InChI=1S/C18H24N2O/c1-12-5-4-6-17(13(12)2)20-18-16-11-15(21-3)8-7-14(16)9-10-19-18/h7-13,17H,4-6H2,1-3H3,(H,19,20). The Morgan fingerprint density at radius 2 is 2.05 bits per heavy atom. The van der Waals surface area contributed by atoms with Gasteiger partial charge in [-0.2, -0.15) is 0 Å². The first-order chi connectivity index (χ1) is 10.2. The molecule has 0 aliphatic heterocycles. The van der Waals surface area contributed by atoms with Crippen LogP contribution in [0.1, 0.15) is 33.1 Å². The van der Waals surface area contributed by atoms with Gasteiger partial charge in [-0.15, -0.1) is 0 Å². The highest BCUT2D eigenvalue weighted by Gasteiger charge is 2.27. The maximum Gasteiger partial charge on any atom is 0.134 e. The van der Waals surface area contributed by atoms with E-state index in [2.05, 4.69) is 36.3 Å². The minimum absolute atomic E-state index is 0.512. The van der Waals surface area contributed by atoms with Crippen molar-refractivity contribution in [2.24, 2.45) is 11.8 Å². The molecule has 0 saturated heterocycles. The van der Waals surface area contributed by atoms with Crippen LogP contribution in [0.15, 0.2) is 30.5 Å². The van der Waals surface area contributed by atoms with Gasteiger partial charge in [-0.3, -0.25) is 0 Å². The van der Waals surface area contributed by atoms with Gasteiger partial charge in [0.1, 0.15) is 11.6 Å². The number of nitrogens with zero attached hydrogens (tertiary/aromatic N) is 1. The molecule has 3 unspecified atom stereocenters. The van der Waals surface area contributed by atoms with Crippen LogP contribution in [0.3, 0.4) is 0 Å². The normalized spacial score (nSPS) is 25.8. The lowest BCUT2D eigenvalue weighted by Crippen LogP contribution is -2.35. The third-order valence-corrected chi connectivity index (χ3v) is 5.00. The van der Waals surface area contributed by atoms with Gasteiger partial charge in [0, 0.05) is 17.6 Å². The zero-order chi connectivity index (χ0) is 14.8. The third kappa shape index (κ3) is 2.82. The summed E-state index contributed by atoms with van der Waals surface area (Å²) in [6.45, 7) is 4.71. The number of ether oxygens (including phenoxy) is 1. The molecule has 1 aliphatic rings. The van der Waals surface area contributed by atoms with Crippen LogP contribution in [0.25, 0.3) is 10.8 Å². The van der Waals surface area contributed by atoms with Crippen molar-refractivity contribution in [1.29, 1.82) is 0 Å². The van der Waals surface area contributed by atoms with Crippen molar-refractivity contribution in [3.8, 4) is 5.75 Å². The molecule has 1 aromatic carbocycles. The molecule has 0 radical (unpaired) electrons. The first kappa shape index (κ1) is 14.2. The quantitative estimate of drug-likeness (QED) is 0.902. The lowest BCUT2D eigenvalue weighted by molar-refractivity contribution is 0.253. The van der Waals surface area contributed by atoms with E-state index in [9.17, 15) is 0 Å². The maximum atomic E-state index is 5.35. The molecule has 1 heterocycles. The highest BCUT2D eigenvalue weighted by atomic mass is 16.5. The summed E-state index contributed by atoms with van der Waals surface area (Å²) < 4.78 is 5.35. The molecule has 1 fully saturated rings. The molecular formula is C18H24N2O. The number of nitrogens with one attached hydrogen (secondary N) is 1. The van der Waals surface area contributed by atoms with Gasteiger partial charge in [-0.05, 0) is 41.8 Å². The Hall–Kier alpha value is -1.77. The van der Waals surface area contributed by atoms with E-state index in [-0.39, 0.29) is 0 Å². The fraction of sp³-hybridized carbons (Fsp3) is 0.500. The van der Waals surface area contributed by atoms with Crippen molar-refractivity contribution in [3.63, 3.8) is 0 Å². The topological polar surface area (TPSA) is 34.1 Å². The number of pyridine rings is 1. The van der Waals surface area contributed by atoms with Crippen molar-refractivity contribution in [3.05, 3.63) is 30.5 Å². The molecule has 2 aromatic rings. The molecule has 3 atom stereocenters. The summed E-state index contributed by atoms with van der Waals surface area (Å²) in [7, 11) is 1.70. The van der Waals surface area contributed by atoms with Gasteiger partial charge in [0.2, 0.25) is 0 Å². The monoisotopic (exact) mass is 284 g/mol. The first-order valence-electron chi connectivity index (χ1n) is 7.88. The summed E-state index contributed by atoms with van der Waals surface area (Å²) in [5.41, 5.74) is 0. The molecule has 1 saturated carbocycles. The molecule has 1 aliphatic carbocycles. The zero-order valence-electron chi connectivity index (χ0n) is 13.1. The minimum Gasteiger partial charge on any atom is -0.497 e. The van der Waals surface area contributed by atoms with Crippen LogP contribution in [0, 0.1) is 11.8 Å². The first-order valence-corrected chi connectivity index (χ1v) is 7.88. The molecule has 112 valence electrons. The lowest BCUT2D eigenvalue weighted by Gasteiger charge is -2.35. The van der Waals surface area contributed by atoms with E-state index < -0.39 is 0 Å². The Morgan fingerprint density at radius 3 is 2.86 bits per heavy atom. The predicted octanol–water partition coefficient (Wildman–Crippen LogP) is 4.48. The fourth-order valence-electron chi connectivity index (χ4n) is 3.35. The van der Waals surface area contributed by atoms with E-state index >= 15 is 0 Å². The molecule has 0 spiro atoms. The van der Waals surface area contributed by atoms with E-state index in [1.54, 1.807) is 7.11 Å². The van der Waals surface area contributed by atoms with Gasteiger partial charge in [0.25, 0.3) is 0 Å². The van der Waals surface area contributed by atoms with Crippen LogP contribution >= 0.6 is 0 Å². The van der Waals surface area contributed by atoms with E-state index in [4.69, 9.17) is 4.74 Å². The maximum absolute atomic E-state index is 5.35. The van der Waals surface area contributed by atoms with Gasteiger partial charge >= 0.3 is 0 Å². The Labute approximate surface area is 126 Å². The number of rotatable bonds is 3. The van der Waals surface area contributed by atoms with Crippen molar-refractivity contribution in [1.82, 2.24) is 4.98 Å². The molecule has 1 aromatic heterocycles. The van der Waals surface area contributed by atoms with Crippen LogP contribution < -0.4 is 10.1 Å². The number of methoxy groups -OCH3 is 1. The second-order valence-corrected chi connectivity index (χ2v) is 6.26. The second kappa shape index (κ2) is 5.92. The largest absolute Gasteiger partial charge is 0.497 e. The summed E-state index contributed by atoms with van der Waals surface area (Å²) in [6.07, 6.45) is 5.76. The lowest BCUT2D eigenvalue weighted by atomic mass is 9.78. The number of fused-ring (bicyclic) bond motifs is 1. The number of aromatic nitrogens is 1. The SMILES string of the molecule is COc1ccc2ccnc(NC3CCCC(C)C3C)c2c1. The van der Waals surface area contributed by atoms with E-state index in [0.29, 0.717) is 12.0 Å². The number of anilines is 1. The number of hydrogen-bond donors (Lipinski definition) is 1. The molecule has 3 nitrogen and oxygen atoms in total. The number of hydrogen-bond acceptors (Lipinski definition) is 3. The smallest absolute Gasteiger partial charge is 0.134 e. The van der Waals surface area contributed by atoms with Gasteiger partial charge in [-0.1, -0.05) is 32.8 Å². The van der Waals surface area contributed by atoms with Gasteiger partial charge < -0.3 is 10.1 Å². The molecule has 3 rings (SSSR count). The van der Waals surface area contributed by atoms with Crippen LogP contribution in [-0.2, 0) is 0 Å². The highest BCUT2D eigenvalue weighted by Crippen LogP contribution is 2.33. The van der Waals surface area contributed by atoms with Gasteiger partial charge in [0.15, 0.2) is 0 Å².